The van der Waals surface area contributed by atoms with E-state index in [4.69, 9.17) is 16.3 Å². The number of benzene rings is 2. The van der Waals surface area contributed by atoms with Crippen molar-refractivity contribution in [2.75, 3.05) is 11.9 Å². The molecule has 0 aliphatic rings. The van der Waals surface area contributed by atoms with Crippen molar-refractivity contribution in [1.29, 1.82) is 0 Å². The van der Waals surface area contributed by atoms with Crippen LogP contribution in [0.15, 0.2) is 69.6 Å². The number of halogens is 1. The molecule has 0 aliphatic heterocycles. The quantitative estimate of drug-likeness (QED) is 0.422. The summed E-state index contributed by atoms with van der Waals surface area (Å²) < 4.78 is 7.57. The highest BCUT2D eigenvalue weighted by atomic mass is 35.5. The molecule has 0 spiro atoms. The number of nitrogens with one attached hydrogen (secondary N) is 1. The third-order valence-corrected chi connectivity index (χ3v) is 5.95. The van der Waals surface area contributed by atoms with Crippen molar-refractivity contribution in [1.82, 2.24) is 9.13 Å². The average molecular weight is 484 g/mol. The van der Waals surface area contributed by atoms with Crippen molar-refractivity contribution in [3.8, 4) is 5.69 Å². The first kappa shape index (κ1) is 22.5. The first-order chi connectivity index (χ1) is 15.9. The van der Waals surface area contributed by atoms with E-state index in [1.54, 1.807) is 54.8 Å². The second-order valence-electron chi connectivity index (χ2n) is 6.94. The lowest BCUT2D eigenvalue weighted by atomic mass is 10.2. The Balaban J connectivity index is 1.74. The number of hydrogen-bond acceptors (Lipinski definition) is 6. The number of para-hydroxylation sites is 1. The Morgan fingerprint density at radius 1 is 1.09 bits per heavy atom. The molecule has 2 aromatic heterocycles. The molecule has 4 rings (SSSR count). The number of esters is 1. The van der Waals surface area contributed by atoms with Crippen LogP contribution >= 0.6 is 22.9 Å². The van der Waals surface area contributed by atoms with Crippen molar-refractivity contribution in [2.45, 2.75) is 13.5 Å². The molecule has 8 nitrogen and oxygen atoms in total. The molecular formula is C23H18ClN3O5S. The first-order valence-electron chi connectivity index (χ1n) is 9.95. The molecular weight excluding hydrogens is 466 g/mol. The topological polar surface area (TPSA) is 99.4 Å². The van der Waals surface area contributed by atoms with Gasteiger partial charge in [0, 0.05) is 5.02 Å². The summed E-state index contributed by atoms with van der Waals surface area (Å²) in [5.41, 5.74) is -0.0568. The second kappa shape index (κ2) is 9.43. The molecule has 2 aromatic carbocycles. The summed E-state index contributed by atoms with van der Waals surface area (Å²) in [5, 5.41) is 4.71. The minimum Gasteiger partial charge on any atom is -0.462 e. The maximum Gasteiger partial charge on any atom is 0.340 e. The van der Waals surface area contributed by atoms with Gasteiger partial charge in [-0.05, 0) is 48.7 Å². The van der Waals surface area contributed by atoms with Gasteiger partial charge in [-0.15, -0.1) is 11.3 Å². The number of anilines is 1. The molecule has 2 heterocycles. The lowest BCUT2D eigenvalue weighted by molar-refractivity contribution is -0.116. The van der Waals surface area contributed by atoms with Crippen LogP contribution in [0.4, 0.5) is 5.69 Å². The van der Waals surface area contributed by atoms with Crippen LogP contribution in [0.5, 0.6) is 0 Å². The first-order valence-corrected chi connectivity index (χ1v) is 11.2. The molecule has 0 radical (unpaired) electrons. The van der Waals surface area contributed by atoms with Crippen LogP contribution in [0.2, 0.25) is 5.02 Å². The van der Waals surface area contributed by atoms with E-state index in [0.29, 0.717) is 20.9 Å². The molecule has 0 unspecified atom stereocenters. The number of carbonyl (C=O) groups is 2. The van der Waals surface area contributed by atoms with Gasteiger partial charge in [-0.1, -0.05) is 29.8 Å². The zero-order valence-electron chi connectivity index (χ0n) is 17.4. The van der Waals surface area contributed by atoms with Gasteiger partial charge in [-0.25, -0.2) is 14.2 Å². The number of amides is 1. The van der Waals surface area contributed by atoms with Gasteiger partial charge in [-0.3, -0.25) is 14.2 Å². The molecule has 4 aromatic rings. The van der Waals surface area contributed by atoms with Crippen LogP contribution in [0.3, 0.4) is 0 Å². The van der Waals surface area contributed by atoms with E-state index in [2.05, 4.69) is 5.32 Å². The molecule has 0 bridgehead atoms. The smallest absolute Gasteiger partial charge is 0.340 e. The maximum absolute atomic E-state index is 13.3. The molecule has 168 valence electrons. The van der Waals surface area contributed by atoms with Gasteiger partial charge in [0.1, 0.15) is 11.2 Å². The number of carbonyl (C=O) groups excluding carboxylic acids is 2. The van der Waals surface area contributed by atoms with E-state index < -0.39 is 23.1 Å². The van der Waals surface area contributed by atoms with Crippen LogP contribution in [0.1, 0.15) is 17.3 Å². The Kier molecular flexibility index (Phi) is 6.43. The SMILES string of the molecule is CCOC(=O)c1ccccc1NC(=O)Cn1c(=O)n(-c2cccc(Cl)c2)c(=O)c2sccc21. The van der Waals surface area contributed by atoms with E-state index in [9.17, 15) is 19.2 Å². The molecule has 10 heteroatoms. The summed E-state index contributed by atoms with van der Waals surface area (Å²) in [6.07, 6.45) is 0. The maximum atomic E-state index is 13.3. The minimum absolute atomic E-state index is 0.192. The van der Waals surface area contributed by atoms with Gasteiger partial charge >= 0.3 is 11.7 Å². The molecule has 33 heavy (non-hydrogen) atoms. The third-order valence-electron chi connectivity index (χ3n) is 4.82. The summed E-state index contributed by atoms with van der Waals surface area (Å²) in [7, 11) is 0. The number of ether oxygens (including phenoxy) is 1. The monoisotopic (exact) mass is 483 g/mol. The minimum atomic E-state index is -0.679. The Bertz CT molecular complexity index is 1490. The largest absolute Gasteiger partial charge is 0.462 e. The van der Waals surface area contributed by atoms with Crippen molar-refractivity contribution in [3.05, 3.63) is 91.4 Å². The Hall–Kier alpha value is -3.69. The predicted octanol–water partition coefficient (Wildman–Crippen LogP) is 3.68. The normalized spacial score (nSPS) is 10.8. The highest BCUT2D eigenvalue weighted by molar-refractivity contribution is 7.17. The number of hydrogen-bond donors (Lipinski definition) is 1. The van der Waals surface area contributed by atoms with Crippen LogP contribution in [-0.2, 0) is 16.1 Å². The summed E-state index contributed by atoms with van der Waals surface area (Å²) in [6, 6.07) is 14.4. The van der Waals surface area contributed by atoms with Crippen LogP contribution in [-0.4, -0.2) is 27.6 Å². The summed E-state index contributed by atoms with van der Waals surface area (Å²) >= 11 is 7.22. The Labute approximate surface area is 196 Å². The molecule has 0 fully saturated rings. The fourth-order valence-electron chi connectivity index (χ4n) is 3.40. The van der Waals surface area contributed by atoms with Crippen molar-refractivity contribution in [3.63, 3.8) is 0 Å². The van der Waals surface area contributed by atoms with Gasteiger partial charge in [0.25, 0.3) is 5.56 Å². The van der Waals surface area contributed by atoms with Gasteiger partial charge in [0.15, 0.2) is 0 Å². The van der Waals surface area contributed by atoms with E-state index in [-0.39, 0.29) is 24.4 Å². The molecule has 1 N–H and O–H groups in total. The zero-order valence-corrected chi connectivity index (χ0v) is 19.0. The number of fused-ring (bicyclic) bond motifs is 1. The number of rotatable bonds is 6. The third kappa shape index (κ3) is 4.46. The van der Waals surface area contributed by atoms with Gasteiger partial charge < -0.3 is 10.1 Å². The summed E-state index contributed by atoms with van der Waals surface area (Å²) in [5.74, 6) is -1.11. The summed E-state index contributed by atoms with van der Waals surface area (Å²) in [4.78, 5) is 51.4. The Morgan fingerprint density at radius 3 is 2.64 bits per heavy atom. The number of aromatic nitrogens is 2. The number of nitrogens with zero attached hydrogens (tertiary/aromatic N) is 2. The van der Waals surface area contributed by atoms with Crippen molar-refractivity contribution < 1.29 is 14.3 Å². The fourth-order valence-corrected chi connectivity index (χ4v) is 4.40. The van der Waals surface area contributed by atoms with Crippen LogP contribution in [0, 0.1) is 0 Å². The van der Waals surface area contributed by atoms with Gasteiger partial charge in [-0.2, -0.15) is 0 Å². The highest BCUT2D eigenvalue weighted by Crippen LogP contribution is 2.19. The summed E-state index contributed by atoms with van der Waals surface area (Å²) in [6.45, 7) is 1.51. The van der Waals surface area contributed by atoms with E-state index in [1.807, 2.05) is 0 Å². The molecule has 0 saturated heterocycles. The zero-order chi connectivity index (χ0) is 23.5. The molecule has 0 atom stereocenters. The van der Waals surface area contributed by atoms with Crippen LogP contribution < -0.4 is 16.6 Å². The lowest BCUT2D eigenvalue weighted by Gasteiger charge is -2.14. The van der Waals surface area contributed by atoms with E-state index in [1.165, 1.54) is 28.0 Å². The predicted molar refractivity (Wildman–Crippen MR) is 128 cm³/mol. The lowest BCUT2D eigenvalue weighted by Crippen LogP contribution is -2.40. The van der Waals surface area contributed by atoms with Crippen molar-refractivity contribution in [2.24, 2.45) is 0 Å². The highest BCUT2D eigenvalue weighted by Gasteiger charge is 2.19. The van der Waals surface area contributed by atoms with E-state index in [0.717, 1.165) is 4.57 Å². The second-order valence-corrected chi connectivity index (χ2v) is 8.29. The molecule has 0 aliphatic carbocycles. The van der Waals surface area contributed by atoms with Crippen LogP contribution in [0.25, 0.3) is 15.9 Å². The van der Waals surface area contributed by atoms with Gasteiger partial charge in [0.2, 0.25) is 5.91 Å². The standard InChI is InChI=1S/C23H18ClN3O5S/c1-2-32-22(30)16-8-3-4-9-17(16)25-19(28)13-26-18-10-11-33-20(18)21(29)27(23(26)31)15-7-5-6-14(24)12-15/h3-12H,2,13H2,1H3,(H,25,28). The molecule has 0 saturated carbocycles. The van der Waals surface area contributed by atoms with Gasteiger partial charge in [0.05, 0.1) is 29.1 Å². The fraction of sp³-hybridized carbons (Fsp3) is 0.130. The van der Waals surface area contributed by atoms with Crippen molar-refractivity contribution >= 4 is 50.7 Å². The molecule has 1 amide bonds. The Morgan fingerprint density at radius 2 is 1.88 bits per heavy atom. The van der Waals surface area contributed by atoms with E-state index >= 15 is 0 Å². The number of thiophene rings is 1. The average Bonchev–Trinajstić information content (AvgIpc) is 3.28.